The van der Waals surface area contributed by atoms with E-state index in [0.29, 0.717) is 0 Å². The van der Waals surface area contributed by atoms with Gasteiger partial charge in [0.25, 0.3) is 0 Å². The van der Waals surface area contributed by atoms with Gasteiger partial charge in [0.15, 0.2) is 4.34 Å². The van der Waals surface area contributed by atoms with Crippen LogP contribution >= 0.6 is 23.3 Å². The highest BCUT2D eigenvalue weighted by Crippen LogP contribution is 2.17. The largest absolute Gasteiger partial charge is 0.272 e. The number of aromatic nitrogens is 1. The van der Waals surface area contributed by atoms with Crippen LogP contribution in [0.1, 0.15) is 12.6 Å². The summed E-state index contributed by atoms with van der Waals surface area (Å²) in [4.78, 5) is 4.20. The van der Waals surface area contributed by atoms with Gasteiger partial charge in [0, 0.05) is 5.38 Å². The van der Waals surface area contributed by atoms with Crippen molar-refractivity contribution in [3.05, 3.63) is 11.1 Å². The summed E-state index contributed by atoms with van der Waals surface area (Å²) in [5.74, 6) is 0. The SMILES string of the molecule is CCc1csc(SN)n1. The van der Waals surface area contributed by atoms with E-state index < -0.39 is 0 Å². The number of rotatable bonds is 2. The first-order valence-corrected chi connectivity index (χ1v) is 4.44. The molecular weight excluding hydrogens is 152 g/mol. The average molecular weight is 160 g/mol. The van der Waals surface area contributed by atoms with Crippen LogP contribution in [0.25, 0.3) is 0 Å². The number of thiazole rings is 1. The summed E-state index contributed by atoms with van der Waals surface area (Å²) in [5.41, 5.74) is 1.13. The third kappa shape index (κ3) is 1.67. The fourth-order valence-corrected chi connectivity index (χ4v) is 1.67. The predicted molar refractivity (Wildman–Crippen MR) is 41.5 cm³/mol. The lowest BCUT2D eigenvalue weighted by Crippen LogP contribution is -1.80. The molecule has 1 rings (SSSR count). The first-order valence-electron chi connectivity index (χ1n) is 2.68. The summed E-state index contributed by atoms with van der Waals surface area (Å²) in [6.45, 7) is 2.08. The van der Waals surface area contributed by atoms with Crippen molar-refractivity contribution >= 4 is 23.3 Å². The molecule has 0 aromatic carbocycles. The van der Waals surface area contributed by atoms with Gasteiger partial charge in [-0.15, -0.1) is 11.3 Å². The molecule has 0 unspecified atom stereocenters. The summed E-state index contributed by atoms with van der Waals surface area (Å²) in [5, 5.41) is 7.32. The van der Waals surface area contributed by atoms with Crippen molar-refractivity contribution in [2.24, 2.45) is 5.14 Å². The molecule has 1 heterocycles. The molecule has 0 radical (unpaired) electrons. The molecule has 0 aliphatic carbocycles. The van der Waals surface area contributed by atoms with Crippen molar-refractivity contribution in [1.29, 1.82) is 0 Å². The van der Waals surface area contributed by atoms with Crippen LogP contribution in [-0.2, 0) is 6.42 Å². The van der Waals surface area contributed by atoms with Crippen LogP contribution in [0.4, 0.5) is 0 Å². The van der Waals surface area contributed by atoms with Gasteiger partial charge in [-0.3, -0.25) is 5.14 Å². The molecule has 0 atom stereocenters. The second-order valence-corrected chi connectivity index (χ2v) is 3.32. The molecule has 0 aliphatic rings. The monoisotopic (exact) mass is 160 g/mol. The van der Waals surface area contributed by atoms with E-state index in [1.165, 1.54) is 11.9 Å². The van der Waals surface area contributed by atoms with Crippen molar-refractivity contribution in [2.45, 2.75) is 17.7 Å². The van der Waals surface area contributed by atoms with Crippen molar-refractivity contribution in [2.75, 3.05) is 0 Å². The maximum Gasteiger partial charge on any atom is 0.164 e. The minimum atomic E-state index is 0.951. The van der Waals surface area contributed by atoms with Crippen LogP contribution in [0.3, 0.4) is 0 Å². The van der Waals surface area contributed by atoms with Gasteiger partial charge in [0.1, 0.15) is 0 Å². The van der Waals surface area contributed by atoms with E-state index in [-0.39, 0.29) is 0 Å². The summed E-state index contributed by atoms with van der Waals surface area (Å²) >= 11 is 2.81. The van der Waals surface area contributed by atoms with Crippen LogP contribution in [0.5, 0.6) is 0 Å². The topological polar surface area (TPSA) is 38.9 Å². The second-order valence-electron chi connectivity index (χ2n) is 1.58. The highest BCUT2D eigenvalue weighted by atomic mass is 32.2. The summed E-state index contributed by atoms with van der Waals surface area (Å²) in [6.07, 6.45) is 0.997. The highest BCUT2D eigenvalue weighted by Gasteiger charge is 1.96. The molecule has 1 aromatic rings. The van der Waals surface area contributed by atoms with E-state index in [1.807, 2.05) is 5.38 Å². The predicted octanol–water partition coefficient (Wildman–Crippen LogP) is 1.67. The zero-order valence-corrected chi connectivity index (χ0v) is 6.76. The van der Waals surface area contributed by atoms with Crippen LogP contribution in [0, 0.1) is 0 Å². The van der Waals surface area contributed by atoms with E-state index in [4.69, 9.17) is 5.14 Å². The number of nitrogens with two attached hydrogens (primary N) is 1. The van der Waals surface area contributed by atoms with Crippen LogP contribution < -0.4 is 5.14 Å². The first-order chi connectivity index (χ1) is 4.36. The zero-order chi connectivity index (χ0) is 6.69. The Morgan fingerprint density at radius 1 is 1.89 bits per heavy atom. The van der Waals surface area contributed by atoms with Gasteiger partial charge >= 0.3 is 0 Å². The van der Waals surface area contributed by atoms with Crippen molar-refractivity contribution in [3.63, 3.8) is 0 Å². The molecule has 2 N–H and O–H groups in total. The number of aryl methyl sites for hydroxylation is 1. The smallest absolute Gasteiger partial charge is 0.164 e. The minimum absolute atomic E-state index is 0.951. The van der Waals surface area contributed by atoms with Gasteiger partial charge in [-0.05, 0) is 18.4 Å². The van der Waals surface area contributed by atoms with E-state index >= 15 is 0 Å². The van der Waals surface area contributed by atoms with Gasteiger partial charge in [0.05, 0.1) is 5.69 Å². The standard InChI is InChI=1S/C5H8N2S2/c1-2-4-3-8-5(7-4)9-6/h3H,2,6H2,1H3. The number of hydrogen-bond acceptors (Lipinski definition) is 4. The molecule has 1 aromatic heterocycles. The van der Waals surface area contributed by atoms with Gasteiger partial charge in [-0.25, -0.2) is 4.98 Å². The summed E-state index contributed by atoms with van der Waals surface area (Å²) < 4.78 is 0.951. The molecule has 0 spiro atoms. The Labute approximate surface area is 62.6 Å². The lowest BCUT2D eigenvalue weighted by atomic mass is 10.4. The third-order valence-electron chi connectivity index (χ3n) is 0.994. The zero-order valence-electron chi connectivity index (χ0n) is 5.13. The molecule has 2 nitrogen and oxygen atoms in total. The van der Waals surface area contributed by atoms with Crippen molar-refractivity contribution in [3.8, 4) is 0 Å². The molecule has 0 fully saturated rings. The Bertz CT molecular complexity index is 166. The van der Waals surface area contributed by atoms with Crippen molar-refractivity contribution < 1.29 is 0 Å². The molecule has 0 bridgehead atoms. The fourth-order valence-electron chi connectivity index (χ4n) is 0.505. The lowest BCUT2D eigenvalue weighted by Gasteiger charge is -1.82. The van der Waals surface area contributed by atoms with E-state index in [0.717, 1.165) is 16.5 Å². The minimum Gasteiger partial charge on any atom is -0.272 e. The Kier molecular flexibility index (Phi) is 2.50. The van der Waals surface area contributed by atoms with Gasteiger partial charge < -0.3 is 0 Å². The number of nitrogens with zero attached hydrogens (tertiary/aromatic N) is 1. The Balaban J connectivity index is 2.74. The summed E-state index contributed by atoms with van der Waals surface area (Å²) in [6, 6.07) is 0. The van der Waals surface area contributed by atoms with Crippen LogP contribution in [-0.4, -0.2) is 4.98 Å². The van der Waals surface area contributed by atoms with E-state index in [1.54, 1.807) is 11.3 Å². The third-order valence-corrected chi connectivity index (χ3v) is 2.55. The summed E-state index contributed by atoms with van der Waals surface area (Å²) in [7, 11) is 0. The van der Waals surface area contributed by atoms with Crippen molar-refractivity contribution in [1.82, 2.24) is 4.98 Å². The van der Waals surface area contributed by atoms with E-state index in [2.05, 4.69) is 11.9 Å². The lowest BCUT2D eigenvalue weighted by molar-refractivity contribution is 1.02. The highest BCUT2D eigenvalue weighted by molar-refractivity contribution is 7.98. The quantitative estimate of drug-likeness (QED) is 0.669. The Morgan fingerprint density at radius 2 is 2.67 bits per heavy atom. The molecular formula is C5H8N2S2. The molecule has 9 heavy (non-hydrogen) atoms. The normalized spacial score (nSPS) is 10.0. The Morgan fingerprint density at radius 3 is 3.00 bits per heavy atom. The molecule has 0 saturated carbocycles. The van der Waals surface area contributed by atoms with Gasteiger partial charge in [0.2, 0.25) is 0 Å². The molecule has 0 amide bonds. The second kappa shape index (κ2) is 3.20. The van der Waals surface area contributed by atoms with Gasteiger partial charge in [-0.1, -0.05) is 6.92 Å². The maximum absolute atomic E-state index is 5.28. The molecule has 4 heteroatoms. The fraction of sp³-hybridized carbons (Fsp3) is 0.400. The molecule has 50 valence electrons. The van der Waals surface area contributed by atoms with Crippen LogP contribution in [0.2, 0.25) is 0 Å². The molecule has 0 aliphatic heterocycles. The maximum atomic E-state index is 5.28. The molecule has 0 saturated heterocycles. The van der Waals surface area contributed by atoms with Gasteiger partial charge in [-0.2, -0.15) is 0 Å². The van der Waals surface area contributed by atoms with Crippen LogP contribution in [0.15, 0.2) is 9.72 Å². The van der Waals surface area contributed by atoms with E-state index in [9.17, 15) is 0 Å². The number of hydrogen-bond donors (Lipinski definition) is 1. The Hall–Kier alpha value is -0.0600. The average Bonchev–Trinajstić information content (AvgIpc) is 2.34. The first kappa shape index (κ1) is 7.05.